The van der Waals surface area contributed by atoms with Crippen LogP contribution in [-0.4, -0.2) is 29.7 Å². The first-order valence-electron chi connectivity index (χ1n) is 4.71. The van der Waals surface area contributed by atoms with Gasteiger partial charge in [-0.3, -0.25) is 0 Å². The molecule has 1 rings (SSSR count). The van der Waals surface area contributed by atoms with Crippen LogP contribution in [0.2, 0.25) is 0 Å². The number of rotatable bonds is 0. The predicted octanol–water partition coefficient (Wildman–Crippen LogP) is 2.48. The van der Waals surface area contributed by atoms with E-state index in [2.05, 4.69) is 0 Å². The average Bonchev–Trinajstić information content (AvgIpc) is 2.01. The summed E-state index contributed by atoms with van der Waals surface area (Å²) in [5.41, 5.74) is -0.519. The highest BCUT2D eigenvalue weighted by Crippen LogP contribution is 2.15. The molecule has 0 spiro atoms. The minimum absolute atomic E-state index is 0.0366. The molecule has 0 aromatic carbocycles. The van der Waals surface area contributed by atoms with Crippen LogP contribution >= 0.6 is 0 Å². The molecule has 1 aliphatic rings. The Morgan fingerprint density at radius 1 is 1.57 bits per heavy atom. The number of ether oxygens (including phenoxy) is 1. The summed E-state index contributed by atoms with van der Waals surface area (Å²) in [7, 11) is 0. The van der Waals surface area contributed by atoms with Gasteiger partial charge in [0.15, 0.2) is 0 Å². The highest BCUT2D eigenvalue weighted by atomic mass is 19.1. The van der Waals surface area contributed by atoms with Gasteiger partial charge < -0.3 is 9.64 Å². The van der Waals surface area contributed by atoms with Gasteiger partial charge in [0.2, 0.25) is 0 Å². The molecule has 1 heterocycles. The molecule has 0 aliphatic carbocycles. The summed E-state index contributed by atoms with van der Waals surface area (Å²) in [6.07, 6.45) is 1.62. The molecule has 80 valence electrons. The topological polar surface area (TPSA) is 29.5 Å². The van der Waals surface area contributed by atoms with E-state index >= 15 is 0 Å². The van der Waals surface area contributed by atoms with Crippen LogP contribution in [0.4, 0.5) is 9.18 Å². The molecule has 0 saturated carbocycles. The Kier molecular flexibility index (Phi) is 3.13. The van der Waals surface area contributed by atoms with Crippen molar-refractivity contribution in [1.82, 2.24) is 4.90 Å². The molecule has 4 heteroatoms. The van der Waals surface area contributed by atoms with E-state index in [0.717, 1.165) is 0 Å². The third kappa shape index (κ3) is 3.36. The Hall–Kier alpha value is -1.06. The van der Waals surface area contributed by atoms with Gasteiger partial charge in [-0.2, -0.15) is 0 Å². The molecule has 0 bridgehead atoms. The van der Waals surface area contributed by atoms with Crippen molar-refractivity contribution in [3.63, 3.8) is 0 Å². The second kappa shape index (κ2) is 3.98. The maximum Gasteiger partial charge on any atom is 0.410 e. The quantitative estimate of drug-likeness (QED) is 0.602. The number of nitrogens with zero attached hydrogens (tertiary/aromatic N) is 1. The van der Waals surface area contributed by atoms with Gasteiger partial charge in [0.1, 0.15) is 11.4 Å². The molecule has 3 nitrogen and oxygen atoms in total. The smallest absolute Gasteiger partial charge is 0.410 e. The van der Waals surface area contributed by atoms with Gasteiger partial charge in [-0.15, -0.1) is 0 Å². The Morgan fingerprint density at radius 2 is 2.21 bits per heavy atom. The molecule has 0 aromatic heterocycles. The molecule has 0 saturated heterocycles. The van der Waals surface area contributed by atoms with Gasteiger partial charge >= 0.3 is 6.09 Å². The van der Waals surface area contributed by atoms with Gasteiger partial charge in [0.25, 0.3) is 0 Å². The monoisotopic (exact) mass is 201 g/mol. The summed E-state index contributed by atoms with van der Waals surface area (Å²) < 4.78 is 18.0. The van der Waals surface area contributed by atoms with Crippen molar-refractivity contribution in [3.8, 4) is 0 Å². The second-order valence-corrected chi connectivity index (χ2v) is 4.34. The molecule has 0 radical (unpaired) electrons. The number of hydrogen-bond acceptors (Lipinski definition) is 2. The highest BCUT2D eigenvalue weighted by molar-refractivity contribution is 5.68. The number of hydrogen-bond donors (Lipinski definition) is 0. The second-order valence-electron chi connectivity index (χ2n) is 4.34. The van der Waals surface area contributed by atoms with Gasteiger partial charge in [-0.05, 0) is 33.3 Å². The summed E-state index contributed by atoms with van der Waals surface area (Å²) in [5, 5.41) is 0. The van der Waals surface area contributed by atoms with E-state index in [0.29, 0.717) is 13.0 Å². The highest BCUT2D eigenvalue weighted by Gasteiger charge is 2.24. The number of amides is 1. The zero-order chi connectivity index (χ0) is 10.8. The predicted molar refractivity (Wildman–Crippen MR) is 51.6 cm³/mol. The van der Waals surface area contributed by atoms with Crippen LogP contribution < -0.4 is 0 Å². The maximum atomic E-state index is 12.8. The molecular formula is C10H16FNO2. The van der Waals surface area contributed by atoms with Crippen molar-refractivity contribution in [2.45, 2.75) is 32.8 Å². The van der Waals surface area contributed by atoms with E-state index < -0.39 is 11.7 Å². The summed E-state index contributed by atoms with van der Waals surface area (Å²) >= 11 is 0. The molecule has 0 N–H and O–H groups in total. The van der Waals surface area contributed by atoms with Crippen molar-refractivity contribution in [2.24, 2.45) is 0 Å². The van der Waals surface area contributed by atoms with Crippen molar-refractivity contribution in [2.75, 3.05) is 13.1 Å². The summed E-state index contributed by atoms with van der Waals surface area (Å²) in [6.45, 7) is 5.94. The lowest BCUT2D eigenvalue weighted by Gasteiger charge is -2.28. The average molecular weight is 201 g/mol. The first kappa shape index (κ1) is 11.0. The van der Waals surface area contributed by atoms with Crippen molar-refractivity contribution < 1.29 is 13.9 Å². The lowest BCUT2D eigenvalue weighted by molar-refractivity contribution is 0.0251. The number of carbonyl (C=O) groups is 1. The maximum absolute atomic E-state index is 12.8. The van der Waals surface area contributed by atoms with E-state index in [1.165, 1.54) is 11.0 Å². The van der Waals surface area contributed by atoms with Crippen LogP contribution in [0, 0.1) is 0 Å². The molecule has 0 atom stereocenters. The lowest BCUT2D eigenvalue weighted by Crippen LogP contribution is -2.39. The minimum atomic E-state index is -0.519. The largest absolute Gasteiger partial charge is 0.444 e. The number of carbonyl (C=O) groups excluding carboxylic acids is 1. The third-order valence-electron chi connectivity index (χ3n) is 1.76. The lowest BCUT2D eigenvalue weighted by atomic mass is 10.2. The normalized spacial score (nSPS) is 17.7. The SMILES string of the molecule is CC(C)(C)OC(=O)N1CCC=C(F)C1. The third-order valence-corrected chi connectivity index (χ3v) is 1.76. The van der Waals surface area contributed by atoms with Crippen molar-refractivity contribution in [3.05, 3.63) is 11.9 Å². The number of halogens is 1. The molecule has 0 fully saturated rings. The van der Waals surface area contributed by atoms with Crippen LogP contribution in [0.5, 0.6) is 0 Å². The first-order valence-corrected chi connectivity index (χ1v) is 4.71. The van der Waals surface area contributed by atoms with Crippen LogP contribution in [0.15, 0.2) is 11.9 Å². The molecular weight excluding hydrogens is 185 g/mol. The molecule has 0 unspecified atom stereocenters. The van der Waals surface area contributed by atoms with E-state index in [4.69, 9.17) is 4.74 Å². The van der Waals surface area contributed by atoms with E-state index in [9.17, 15) is 9.18 Å². The zero-order valence-electron chi connectivity index (χ0n) is 8.84. The summed E-state index contributed by atoms with van der Waals surface area (Å²) in [4.78, 5) is 12.8. The molecule has 1 aliphatic heterocycles. The van der Waals surface area contributed by atoms with Crippen molar-refractivity contribution >= 4 is 6.09 Å². The Morgan fingerprint density at radius 3 is 2.71 bits per heavy atom. The van der Waals surface area contributed by atoms with Crippen LogP contribution in [0.1, 0.15) is 27.2 Å². The van der Waals surface area contributed by atoms with Crippen molar-refractivity contribution in [1.29, 1.82) is 0 Å². The first-order chi connectivity index (χ1) is 6.38. The molecule has 14 heavy (non-hydrogen) atoms. The van der Waals surface area contributed by atoms with E-state index in [1.54, 1.807) is 20.8 Å². The summed E-state index contributed by atoms with van der Waals surface area (Å²) in [6, 6.07) is 0. The van der Waals surface area contributed by atoms with Gasteiger partial charge in [-0.1, -0.05) is 0 Å². The van der Waals surface area contributed by atoms with Gasteiger partial charge in [0.05, 0.1) is 6.54 Å². The molecule has 0 aromatic rings. The fourth-order valence-corrected chi connectivity index (χ4v) is 1.19. The fourth-order valence-electron chi connectivity index (χ4n) is 1.19. The van der Waals surface area contributed by atoms with Gasteiger partial charge in [0, 0.05) is 6.54 Å². The van der Waals surface area contributed by atoms with Crippen LogP contribution in [0.25, 0.3) is 0 Å². The van der Waals surface area contributed by atoms with Crippen LogP contribution in [0.3, 0.4) is 0 Å². The minimum Gasteiger partial charge on any atom is -0.444 e. The summed E-state index contributed by atoms with van der Waals surface area (Å²) in [5.74, 6) is -0.262. The molecule has 1 amide bonds. The fraction of sp³-hybridized carbons (Fsp3) is 0.700. The van der Waals surface area contributed by atoms with E-state index in [1.807, 2.05) is 0 Å². The van der Waals surface area contributed by atoms with E-state index in [-0.39, 0.29) is 12.4 Å². The Labute approximate surface area is 83.5 Å². The van der Waals surface area contributed by atoms with Crippen LogP contribution in [-0.2, 0) is 4.74 Å². The Balaban J connectivity index is 2.50. The standard InChI is InChI=1S/C10H16FNO2/c1-10(2,3)14-9(13)12-6-4-5-8(11)7-12/h5H,4,6-7H2,1-3H3. The Bertz CT molecular complexity index is 255. The van der Waals surface area contributed by atoms with Gasteiger partial charge in [-0.25, -0.2) is 9.18 Å². The zero-order valence-corrected chi connectivity index (χ0v) is 8.84.